The molecule has 0 atom stereocenters. The second kappa shape index (κ2) is 2.99. The van der Waals surface area contributed by atoms with E-state index in [-0.39, 0.29) is 5.69 Å². The number of nitrogens with zero attached hydrogens (tertiary/aromatic N) is 4. The highest BCUT2D eigenvalue weighted by Gasteiger charge is 2.08. The molecule has 14 heavy (non-hydrogen) atoms. The molecule has 1 N–H and O–H groups in total. The molecular weight excluding hydrogens is 184 g/mol. The van der Waals surface area contributed by atoms with Crippen LogP contribution in [0.1, 0.15) is 10.5 Å². The lowest BCUT2D eigenvalue weighted by Gasteiger charge is -1.99. The van der Waals surface area contributed by atoms with E-state index >= 15 is 0 Å². The van der Waals surface area contributed by atoms with Gasteiger partial charge in [-0.3, -0.25) is 9.25 Å². The molecule has 0 aliphatic rings. The number of carbonyl (C=O) groups is 1. The number of imidazole rings is 1. The first-order valence-corrected chi connectivity index (χ1v) is 3.94. The van der Waals surface area contributed by atoms with Crippen LogP contribution in [0.25, 0.3) is 5.82 Å². The van der Waals surface area contributed by atoms with E-state index in [0.29, 0.717) is 0 Å². The van der Waals surface area contributed by atoms with Crippen molar-refractivity contribution in [2.75, 3.05) is 0 Å². The molecule has 72 valence electrons. The van der Waals surface area contributed by atoms with Crippen molar-refractivity contribution in [2.45, 2.75) is 0 Å². The van der Waals surface area contributed by atoms with Crippen molar-refractivity contribution in [3.63, 3.8) is 0 Å². The number of hydrogen-bond acceptors (Lipinski definition) is 3. The van der Waals surface area contributed by atoms with Crippen molar-refractivity contribution < 1.29 is 9.90 Å². The van der Waals surface area contributed by atoms with Crippen LogP contribution in [0.3, 0.4) is 0 Å². The van der Waals surface area contributed by atoms with Gasteiger partial charge in [-0.25, -0.2) is 9.78 Å². The summed E-state index contributed by atoms with van der Waals surface area (Å²) in [6, 6.07) is 1.77. The fourth-order valence-corrected chi connectivity index (χ4v) is 1.18. The maximum absolute atomic E-state index is 10.6. The summed E-state index contributed by atoms with van der Waals surface area (Å²) in [4.78, 5) is 14.3. The molecule has 0 unspecified atom stereocenters. The molecule has 0 bridgehead atoms. The molecule has 6 heteroatoms. The first-order chi connectivity index (χ1) is 6.68. The van der Waals surface area contributed by atoms with E-state index in [1.165, 1.54) is 12.5 Å². The first kappa shape index (κ1) is 8.49. The van der Waals surface area contributed by atoms with Gasteiger partial charge >= 0.3 is 5.97 Å². The molecule has 0 spiro atoms. The Morgan fingerprint density at radius 1 is 1.57 bits per heavy atom. The lowest BCUT2D eigenvalue weighted by Crippen LogP contribution is -2.01. The molecule has 2 rings (SSSR count). The molecule has 6 nitrogen and oxygen atoms in total. The summed E-state index contributed by atoms with van der Waals surface area (Å²) in [6.45, 7) is 0. The summed E-state index contributed by atoms with van der Waals surface area (Å²) in [5.74, 6) is -0.268. The zero-order valence-corrected chi connectivity index (χ0v) is 7.45. The van der Waals surface area contributed by atoms with Crippen LogP contribution in [-0.4, -0.2) is 30.4 Å². The Hall–Kier alpha value is -2.11. The molecule has 0 fully saturated rings. The molecule has 0 amide bonds. The Balaban J connectivity index is 2.43. The lowest BCUT2D eigenvalue weighted by molar-refractivity contribution is 0.0691. The lowest BCUT2D eigenvalue weighted by atomic mass is 10.5. The third kappa shape index (κ3) is 1.26. The van der Waals surface area contributed by atoms with Crippen molar-refractivity contribution in [1.29, 1.82) is 0 Å². The standard InChI is InChI=1S/C8H8N4O2/c1-11-7(2-3-10-11)12-4-6(8(13)14)9-5-12/h2-5H,1H3,(H,13,14). The van der Waals surface area contributed by atoms with Crippen LogP contribution in [0.5, 0.6) is 0 Å². The fraction of sp³-hybridized carbons (Fsp3) is 0.125. The highest BCUT2D eigenvalue weighted by Crippen LogP contribution is 2.06. The van der Waals surface area contributed by atoms with Crippen molar-refractivity contribution in [3.05, 3.63) is 30.5 Å². The Labute approximate surface area is 79.4 Å². The second-order valence-electron chi connectivity index (χ2n) is 2.78. The fourth-order valence-electron chi connectivity index (χ4n) is 1.18. The predicted molar refractivity (Wildman–Crippen MR) is 47.3 cm³/mol. The number of aromatic carboxylic acids is 1. The summed E-state index contributed by atoms with van der Waals surface area (Å²) in [5.41, 5.74) is 0.0196. The highest BCUT2D eigenvalue weighted by molar-refractivity contribution is 5.85. The summed E-state index contributed by atoms with van der Waals surface area (Å²) >= 11 is 0. The molecule has 0 saturated carbocycles. The van der Waals surface area contributed by atoms with Gasteiger partial charge in [-0.05, 0) is 0 Å². The number of rotatable bonds is 2. The van der Waals surface area contributed by atoms with E-state index in [4.69, 9.17) is 5.11 Å². The molecule has 0 aromatic carbocycles. The van der Waals surface area contributed by atoms with Gasteiger partial charge in [-0.15, -0.1) is 0 Å². The summed E-state index contributed by atoms with van der Waals surface area (Å²) in [7, 11) is 1.77. The van der Waals surface area contributed by atoms with Crippen LogP contribution in [0.4, 0.5) is 0 Å². The van der Waals surface area contributed by atoms with Crippen LogP contribution in [0.15, 0.2) is 24.8 Å². The Morgan fingerprint density at radius 3 is 2.86 bits per heavy atom. The van der Waals surface area contributed by atoms with Crippen LogP contribution < -0.4 is 0 Å². The SMILES string of the molecule is Cn1nccc1-n1cnc(C(=O)O)c1. The van der Waals surface area contributed by atoms with Gasteiger partial charge in [0.1, 0.15) is 12.1 Å². The van der Waals surface area contributed by atoms with E-state index in [2.05, 4.69) is 10.1 Å². The van der Waals surface area contributed by atoms with Crippen molar-refractivity contribution in [3.8, 4) is 5.82 Å². The molecule has 2 aromatic rings. The molecular formula is C8H8N4O2. The van der Waals surface area contributed by atoms with Crippen molar-refractivity contribution in [1.82, 2.24) is 19.3 Å². The van der Waals surface area contributed by atoms with Gasteiger partial charge in [-0.2, -0.15) is 5.10 Å². The van der Waals surface area contributed by atoms with Gasteiger partial charge < -0.3 is 5.11 Å². The maximum Gasteiger partial charge on any atom is 0.356 e. The minimum absolute atomic E-state index is 0.0196. The van der Waals surface area contributed by atoms with Crippen LogP contribution in [0, 0.1) is 0 Å². The van der Waals surface area contributed by atoms with E-state index in [1.807, 2.05) is 0 Å². The molecule has 2 aromatic heterocycles. The molecule has 0 saturated heterocycles. The number of aryl methyl sites for hydroxylation is 1. The predicted octanol–water partition coefficient (Wildman–Crippen LogP) is 0.304. The van der Waals surface area contributed by atoms with Crippen LogP contribution >= 0.6 is 0 Å². The number of carboxylic acid groups (broad SMARTS) is 1. The van der Waals surface area contributed by atoms with E-state index < -0.39 is 5.97 Å². The number of carboxylic acids is 1. The molecule has 0 radical (unpaired) electrons. The Kier molecular flexibility index (Phi) is 1.81. The Morgan fingerprint density at radius 2 is 2.36 bits per heavy atom. The molecule has 0 aliphatic heterocycles. The monoisotopic (exact) mass is 192 g/mol. The largest absolute Gasteiger partial charge is 0.476 e. The minimum Gasteiger partial charge on any atom is -0.476 e. The third-order valence-electron chi connectivity index (χ3n) is 1.86. The zero-order chi connectivity index (χ0) is 10.1. The van der Waals surface area contributed by atoms with Crippen molar-refractivity contribution in [2.24, 2.45) is 7.05 Å². The molecule has 0 aliphatic carbocycles. The van der Waals surface area contributed by atoms with E-state index in [1.54, 1.807) is 28.6 Å². The summed E-state index contributed by atoms with van der Waals surface area (Å²) in [6.07, 6.45) is 4.52. The summed E-state index contributed by atoms with van der Waals surface area (Å²) < 4.78 is 3.24. The average molecular weight is 192 g/mol. The third-order valence-corrected chi connectivity index (χ3v) is 1.86. The smallest absolute Gasteiger partial charge is 0.356 e. The van der Waals surface area contributed by atoms with Gasteiger partial charge in [-0.1, -0.05) is 0 Å². The average Bonchev–Trinajstić information content (AvgIpc) is 2.71. The topological polar surface area (TPSA) is 72.9 Å². The van der Waals surface area contributed by atoms with E-state index in [9.17, 15) is 4.79 Å². The van der Waals surface area contributed by atoms with Crippen molar-refractivity contribution >= 4 is 5.97 Å². The van der Waals surface area contributed by atoms with Gasteiger partial charge in [0, 0.05) is 19.3 Å². The number of hydrogen-bond donors (Lipinski definition) is 1. The van der Waals surface area contributed by atoms with Gasteiger partial charge in [0.25, 0.3) is 0 Å². The molecule has 2 heterocycles. The zero-order valence-electron chi connectivity index (χ0n) is 7.45. The first-order valence-electron chi connectivity index (χ1n) is 3.94. The maximum atomic E-state index is 10.6. The van der Waals surface area contributed by atoms with Crippen LogP contribution in [-0.2, 0) is 7.05 Å². The minimum atomic E-state index is -1.04. The Bertz CT molecular complexity index is 471. The highest BCUT2D eigenvalue weighted by atomic mass is 16.4. The quantitative estimate of drug-likeness (QED) is 0.742. The van der Waals surface area contributed by atoms with Gasteiger partial charge in [0.2, 0.25) is 0 Å². The van der Waals surface area contributed by atoms with Gasteiger partial charge in [0.05, 0.1) is 6.20 Å². The normalized spacial score (nSPS) is 10.4. The second-order valence-corrected chi connectivity index (χ2v) is 2.78. The van der Waals surface area contributed by atoms with Crippen LogP contribution in [0.2, 0.25) is 0 Å². The van der Waals surface area contributed by atoms with Gasteiger partial charge in [0.15, 0.2) is 5.69 Å². The van der Waals surface area contributed by atoms with E-state index in [0.717, 1.165) is 5.82 Å². The summed E-state index contributed by atoms with van der Waals surface area (Å²) in [5, 5.41) is 12.6. The number of aromatic nitrogens is 4.